The fourth-order valence-electron chi connectivity index (χ4n) is 1.59. The number of halogens is 1. The summed E-state index contributed by atoms with van der Waals surface area (Å²) in [4.78, 5) is 11.9. The van der Waals surface area contributed by atoms with Gasteiger partial charge in [0.1, 0.15) is 4.47 Å². The van der Waals surface area contributed by atoms with Crippen LogP contribution in [0.2, 0.25) is 0 Å². The van der Waals surface area contributed by atoms with Gasteiger partial charge in [-0.05, 0) is 28.3 Å². The topological polar surface area (TPSA) is 71.9 Å². The van der Waals surface area contributed by atoms with Gasteiger partial charge in [0.2, 0.25) is 0 Å². The maximum Gasteiger partial charge on any atom is 0.281 e. The van der Waals surface area contributed by atoms with Crippen LogP contribution in [0.1, 0.15) is 26.5 Å². The lowest BCUT2D eigenvalue weighted by Gasteiger charge is -2.04. The minimum atomic E-state index is -3.06. The van der Waals surface area contributed by atoms with E-state index < -0.39 is 9.84 Å². The van der Waals surface area contributed by atoms with E-state index in [9.17, 15) is 13.2 Å². The molecule has 1 aromatic heterocycles. The number of hydrogen-bond donors (Lipinski definition) is 1. The van der Waals surface area contributed by atoms with Crippen LogP contribution in [0.25, 0.3) is 0 Å². The predicted molar refractivity (Wildman–Crippen MR) is 75.6 cm³/mol. The van der Waals surface area contributed by atoms with Gasteiger partial charge in [-0.2, -0.15) is 0 Å². The van der Waals surface area contributed by atoms with Crippen molar-refractivity contribution < 1.29 is 8.42 Å². The molecule has 5 nitrogen and oxygen atoms in total. The lowest BCUT2D eigenvalue weighted by Crippen LogP contribution is -2.23. The predicted octanol–water partition coefficient (Wildman–Crippen LogP) is 1.57. The van der Waals surface area contributed by atoms with E-state index in [-0.39, 0.29) is 23.6 Å². The Morgan fingerprint density at radius 2 is 2.00 bits per heavy atom. The highest BCUT2D eigenvalue weighted by Crippen LogP contribution is 2.14. The highest BCUT2D eigenvalue weighted by Gasteiger charge is 2.14. The van der Waals surface area contributed by atoms with E-state index in [1.165, 1.54) is 4.68 Å². The number of nitrogens with zero attached hydrogens (tertiary/aromatic N) is 1. The number of aromatic amines is 1. The van der Waals surface area contributed by atoms with E-state index in [0.29, 0.717) is 10.4 Å². The van der Waals surface area contributed by atoms with Crippen molar-refractivity contribution in [3.8, 4) is 0 Å². The van der Waals surface area contributed by atoms with Crippen molar-refractivity contribution in [2.24, 2.45) is 5.92 Å². The summed E-state index contributed by atoms with van der Waals surface area (Å²) >= 11 is 3.25. The van der Waals surface area contributed by atoms with E-state index in [4.69, 9.17) is 0 Å². The zero-order valence-corrected chi connectivity index (χ0v) is 13.3. The fourth-order valence-corrected chi connectivity index (χ4v) is 2.80. The normalized spacial score (nSPS) is 12.3. The highest BCUT2D eigenvalue weighted by molar-refractivity contribution is 9.10. The second kappa shape index (κ2) is 6.06. The van der Waals surface area contributed by atoms with Crippen LogP contribution in [0.5, 0.6) is 0 Å². The molecular formula is C11H19BrN2O3S. The zero-order chi connectivity index (χ0) is 13.9. The van der Waals surface area contributed by atoms with Gasteiger partial charge in [0.05, 0.1) is 18.0 Å². The summed E-state index contributed by atoms with van der Waals surface area (Å²) in [7, 11) is -3.06. The first-order valence-corrected chi connectivity index (χ1v) is 8.56. The van der Waals surface area contributed by atoms with E-state index >= 15 is 0 Å². The minimum absolute atomic E-state index is 0.0164. The van der Waals surface area contributed by atoms with Crippen LogP contribution >= 0.6 is 15.9 Å². The van der Waals surface area contributed by atoms with E-state index in [1.807, 2.05) is 0 Å². The van der Waals surface area contributed by atoms with Crippen molar-refractivity contribution in [2.75, 3.05) is 11.5 Å². The monoisotopic (exact) mass is 338 g/mol. The van der Waals surface area contributed by atoms with Crippen LogP contribution in [-0.4, -0.2) is 29.7 Å². The molecular weight excluding hydrogens is 320 g/mol. The average Bonchev–Trinajstić information content (AvgIpc) is 2.54. The molecule has 0 aliphatic carbocycles. The van der Waals surface area contributed by atoms with Gasteiger partial charge in [-0.1, -0.05) is 20.8 Å². The van der Waals surface area contributed by atoms with Crippen molar-refractivity contribution in [2.45, 2.75) is 33.7 Å². The smallest absolute Gasteiger partial charge is 0.281 e. The molecule has 1 rings (SSSR count). The number of aromatic nitrogens is 2. The Hall–Kier alpha value is -0.560. The van der Waals surface area contributed by atoms with Crippen LogP contribution < -0.4 is 5.56 Å². The first kappa shape index (κ1) is 15.5. The van der Waals surface area contributed by atoms with Gasteiger partial charge >= 0.3 is 0 Å². The lowest BCUT2D eigenvalue weighted by atomic mass is 10.1. The van der Waals surface area contributed by atoms with Gasteiger partial charge in [-0.25, -0.2) is 8.42 Å². The molecule has 0 atom stereocenters. The van der Waals surface area contributed by atoms with Crippen molar-refractivity contribution in [3.63, 3.8) is 0 Å². The second-order valence-corrected chi connectivity index (χ2v) is 7.96. The van der Waals surface area contributed by atoms with Gasteiger partial charge in [-0.3, -0.25) is 14.6 Å². The summed E-state index contributed by atoms with van der Waals surface area (Å²) in [5.41, 5.74) is 0.626. The van der Waals surface area contributed by atoms with Crippen LogP contribution in [0.3, 0.4) is 0 Å². The molecule has 0 unspecified atom stereocenters. The molecule has 0 aliphatic rings. The molecule has 1 N–H and O–H groups in total. The Morgan fingerprint density at radius 1 is 1.39 bits per heavy atom. The van der Waals surface area contributed by atoms with Crippen molar-refractivity contribution in [1.82, 2.24) is 9.78 Å². The molecule has 0 aliphatic heterocycles. The van der Waals surface area contributed by atoms with Crippen LogP contribution in [-0.2, 0) is 22.8 Å². The number of H-pyrrole nitrogens is 1. The fraction of sp³-hybridized carbons (Fsp3) is 0.727. The number of sulfone groups is 1. The van der Waals surface area contributed by atoms with E-state index in [1.54, 1.807) is 6.92 Å². The molecule has 1 heterocycles. The first-order valence-electron chi connectivity index (χ1n) is 5.94. The van der Waals surface area contributed by atoms with Gasteiger partial charge < -0.3 is 0 Å². The van der Waals surface area contributed by atoms with E-state index in [2.05, 4.69) is 34.9 Å². The lowest BCUT2D eigenvalue weighted by molar-refractivity contribution is 0.568. The Labute approximate surface area is 116 Å². The Kier molecular flexibility index (Phi) is 5.21. The first-order chi connectivity index (χ1) is 8.26. The highest BCUT2D eigenvalue weighted by atomic mass is 79.9. The molecule has 0 amide bonds. The maximum atomic E-state index is 11.9. The molecule has 104 valence electrons. The zero-order valence-electron chi connectivity index (χ0n) is 10.9. The standard InChI is InChI=1S/C11H19BrN2O3S/c1-4-18(16,17)6-5-14-11(15)10(12)9(13-14)7-8(2)3/h8,13H,4-7H2,1-3H3. The van der Waals surface area contributed by atoms with Gasteiger partial charge in [-0.15, -0.1) is 0 Å². The Morgan fingerprint density at radius 3 is 2.50 bits per heavy atom. The number of aryl methyl sites for hydroxylation is 1. The summed E-state index contributed by atoms with van der Waals surface area (Å²) in [5.74, 6) is 0.507. The minimum Gasteiger partial charge on any atom is -0.298 e. The molecule has 18 heavy (non-hydrogen) atoms. The van der Waals surface area contributed by atoms with Crippen LogP contribution in [0.4, 0.5) is 0 Å². The van der Waals surface area contributed by atoms with Crippen molar-refractivity contribution in [3.05, 3.63) is 20.5 Å². The van der Waals surface area contributed by atoms with Gasteiger partial charge in [0.15, 0.2) is 9.84 Å². The summed E-state index contributed by atoms with van der Waals surface area (Å²) in [6, 6.07) is 0. The third-order valence-electron chi connectivity index (χ3n) is 2.65. The molecule has 1 aromatic rings. The van der Waals surface area contributed by atoms with Gasteiger partial charge in [0, 0.05) is 5.75 Å². The Balaban J connectivity index is 2.88. The summed E-state index contributed by atoms with van der Waals surface area (Å²) < 4.78 is 24.7. The van der Waals surface area contributed by atoms with Crippen LogP contribution in [0.15, 0.2) is 9.27 Å². The van der Waals surface area contributed by atoms with Crippen molar-refractivity contribution >= 4 is 25.8 Å². The molecule has 0 saturated heterocycles. The summed E-state index contributed by atoms with van der Waals surface area (Å²) in [6.07, 6.45) is 0.753. The summed E-state index contributed by atoms with van der Waals surface area (Å²) in [6.45, 7) is 5.89. The van der Waals surface area contributed by atoms with Crippen LogP contribution in [0, 0.1) is 5.92 Å². The van der Waals surface area contributed by atoms with E-state index in [0.717, 1.165) is 12.1 Å². The molecule has 0 saturated carbocycles. The third-order valence-corrected chi connectivity index (χ3v) is 5.15. The molecule has 0 bridgehead atoms. The maximum absolute atomic E-state index is 11.9. The average molecular weight is 339 g/mol. The van der Waals surface area contributed by atoms with Crippen molar-refractivity contribution in [1.29, 1.82) is 0 Å². The molecule has 0 aromatic carbocycles. The largest absolute Gasteiger partial charge is 0.298 e. The summed E-state index contributed by atoms with van der Waals surface area (Å²) in [5, 5.41) is 2.97. The molecule has 0 fully saturated rings. The molecule has 0 spiro atoms. The number of rotatable bonds is 6. The quantitative estimate of drug-likeness (QED) is 0.855. The third kappa shape index (κ3) is 3.98. The second-order valence-electron chi connectivity index (χ2n) is 4.70. The van der Waals surface area contributed by atoms with Gasteiger partial charge in [0.25, 0.3) is 5.56 Å². The molecule has 7 heteroatoms. The number of nitrogens with one attached hydrogen (secondary N) is 1. The SMILES string of the molecule is CCS(=O)(=O)CCn1[nH]c(CC(C)C)c(Br)c1=O. The molecule has 0 radical (unpaired) electrons. The Bertz CT molecular complexity index is 557. The number of hydrogen-bond acceptors (Lipinski definition) is 3.